The van der Waals surface area contributed by atoms with E-state index in [4.69, 9.17) is 11.5 Å². The number of hydrogen-bond donors (Lipinski definition) is 4. The van der Waals surface area contributed by atoms with Crippen molar-refractivity contribution in [3.05, 3.63) is 108 Å². The van der Waals surface area contributed by atoms with Gasteiger partial charge in [-0.15, -0.1) is 0 Å². The van der Waals surface area contributed by atoms with E-state index in [2.05, 4.69) is 10.6 Å². The standard InChI is InChI=1S/C13H10N2O.C13H14N2/c14-7-1-3-9-10-4-2-8(15)6-12(10)13(16)11(9)5-7;1-3-7-12(8-4-1)14-11-15-13-9-5-2-6-10-13/h1-6H,14-15H2;1-10,14-15H,11H2. The second-order valence-electron chi connectivity index (χ2n) is 7.20. The molecule has 5 heteroatoms. The third-order valence-corrected chi connectivity index (χ3v) is 5.00. The predicted molar refractivity (Wildman–Crippen MR) is 129 cm³/mol. The van der Waals surface area contributed by atoms with Gasteiger partial charge < -0.3 is 22.1 Å². The van der Waals surface area contributed by atoms with Crippen molar-refractivity contribution in [2.75, 3.05) is 28.8 Å². The van der Waals surface area contributed by atoms with Crippen molar-refractivity contribution < 1.29 is 4.79 Å². The number of anilines is 4. The van der Waals surface area contributed by atoms with Gasteiger partial charge in [-0.25, -0.2) is 0 Å². The third kappa shape index (κ3) is 4.67. The highest BCUT2D eigenvalue weighted by Crippen LogP contribution is 2.38. The molecule has 4 aromatic rings. The van der Waals surface area contributed by atoms with Crippen LogP contribution in [0.4, 0.5) is 22.7 Å². The summed E-state index contributed by atoms with van der Waals surface area (Å²) >= 11 is 0. The van der Waals surface area contributed by atoms with Crippen molar-refractivity contribution in [2.45, 2.75) is 0 Å². The van der Waals surface area contributed by atoms with E-state index in [1.165, 1.54) is 0 Å². The van der Waals surface area contributed by atoms with Gasteiger partial charge in [-0.3, -0.25) is 4.79 Å². The number of nitrogens with two attached hydrogens (primary N) is 2. The molecule has 6 N–H and O–H groups in total. The molecule has 31 heavy (non-hydrogen) atoms. The molecule has 0 bridgehead atoms. The van der Waals surface area contributed by atoms with E-state index < -0.39 is 0 Å². The average Bonchev–Trinajstić information content (AvgIpc) is 3.06. The number of hydrogen-bond acceptors (Lipinski definition) is 5. The first-order valence-corrected chi connectivity index (χ1v) is 10.0. The summed E-state index contributed by atoms with van der Waals surface area (Å²) in [6.45, 7) is 0.730. The van der Waals surface area contributed by atoms with Gasteiger partial charge in [-0.05, 0) is 59.7 Å². The maximum Gasteiger partial charge on any atom is 0.194 e. The Morgan fingerprint density at radius 3 is 1.39 bits per heavy atom. The van der Waals surface area contributed by atoms with Crippen molar-refractivity contribution in [2.24, 2.45) is 0 Å². The first-order chi connectivity index (χ1) is 15.1. The number of benzene rings is 4. The van der Waals surface area contributed by atoms with Gasteiger partial charge >= 0.3 is 0 Å². The topological polar surface area (TPSA) is 93.2 Å². The van der Waals surface area contributed by atoms with Crippen LogP contribution in [-0.4, -0.2) is 12.5 Å². The lowest BCUT2D eigenvalue weighted by Gasteiger charge is -2.08. The lowest BCUT2D eigenvalue weighted by atomic mass is 10.1. The minimum Gasteiger partial charge on any atom is -0.399 e. The fourth-order valence-electron chi connectivity index (χ4n) is 3.47. The number of ketones is 1. The number of carbonyl (C=O) groups excluding carboxylic acids is 1. The third-order valence-electron chi connectivity index (χ3n) is 5.00. The molecule has 0 saturated heterocycles. The van der Waals surface area contributed by atoms with Gasteiger partial charge in [0.25, 0.3) is 0 Å². The molecule has 1 aliphatic rings. The van der Waals surface area contributed by atoms with Gasteiger partial charge in [0.1, 0.15) is 0 Å². The predicted octanol–water partition coefficient (Wildman–Crippen LogP) is 5.23. The summed E-state index contributed by atoms with van der Waals surface area (Å²) in [7, 11) is 0. The normalized spacial score (nSPS) is 11.0. The SMILES string of the molecule is Nc1ccc2c(c1)C(=O)c1cc(N)ccc1-2.c1ccc(NCNc2ccccc2)cc1. The summed E-state index contributed by atoms with van der Waals surface area (Å²) in [6, 6.07) is 31.1. The van der Waals surface area contributed by atoms with Crippen LogP contribution in [0.3, 0.4) is 0 Å². The summed E-state index contributed by atoms with van der Waals surface area (Å²) in [5.74, 6) is 0.00426. The summed E-state index contributed by atoms with van der Waals surface area (Å²) in [5.41, 5.74) is 18.0. The first-order valence-electron chi connectivity index (χ1n) is 10.0. The number of fused-ring (bicyclic) bond motifs is 3. The Morgan fingerprint density at radius 2 is 0.968 bits per heavy atom. The molecule has 0 heterocycles. The summed E-state index contributed by atoms with van der Waals surface area (Å²) in [5, 5.41) is 6.56. The molecule has 1 aliphatic carbocycles. The molecule has 5 nitrogen and oxygen atoms in total. The van der Waals surface area contributed by atoms with Crippen molar-refractivity contribution >= 4 is 28.5 Å². The Balaban J connectivity index is 0.000000150. The maximum absolute atomic E-state index is 12.1. The van der Waals surface area contributed by atoms with Gasteiger partial charge in [0.15, 0.2) is 5.78 Å². The molecular weight excluding hydrogens is 384 g/mol. The molecule has 0 atom stereocenters. The summed E-state index contributed by atoms with van der Waals surface area (Å²) in [4.78, 5) is 12.1. The molecular formula is C26H24N4O. The van der Waals surface area contributed by atoms with Gasteiger partial charge in [0.05, 0.1) is 6.67 Å². The minimum atomic E-state index is 0.00426. The fraction of sp³-hybridized carbons (Fsp3) is 0.0385. The van der Waals surface area contributed by atoms with E-state index in [-0.39, 0.29) is 5.78 Å². The van der Waals surface area contributed by atoms with Crippen LogP contribution in [0.15, 0.2) is 97.1 Å². The van der Waals surface area contributed by atoms with Crippen LogP contribution in [0.1, 0.15) is 15.9 Å². The van der Waals surface area contributed by atoms with Crippen LogP contribution < -0.4 is 22.1 Å². The smallest absolute Gasteiger partial charge is 0.194 e. The van der Waals surface area contributed by atoms with Crippen LogP contribution in [0.2, 0.25) is 0 Å². The Labute approximate surface area is 181 Å². The van der Waals surface area contributed by atoms with E-state index in [0.29, 0.717) is 22.5 Å². The molecule has 0 aromatic heterocycles. The number of rotatable bonds is 4. The maximum atomic E-state index is 12.1. The molecule has 154 valence electrons. The molecule has 0 unspecified atom stereocenters. The molecule has 0 radical (unpaired) electrons. The number of para-hydroxylation sites is 2. The quantitative estimate of drug-likeness (QED) is 0.241. The molecule has 0 fully saturated rings. The van der Waals surface area contributed by atoms with Gasteiger partial charge in [0, 0.05) is 33.9 Å². The second kappa shape index (κ2) is 9.05. The molecule has 4 aromatic carbocycles. The van der Waals surface area contributed by atoms with Crippen molar-refractivity contribution in [3.8, 4) is 11.1 Å². The lowest BCUT2D eigenvalue weighted by Crippen LogP contribution is -2.11. The molecule has 5 rings (SSSR count). The Kier molecular flexibility index (Phi) is 5.85. The van der Waals surface area contributed by atoms with Gasteiger partial charge in [-0.2, -0.15) is 0 Å². The van der Waals surface area contributed by atoms with Crippen LogP contribution in [0.5, 0.6) is 0 Å². The Bertz CT molecular complexity index is 1100. The van der Waals surface area contributed by atoms with E-state index >= 15 is 0 Å². The molecule has 0 saturated carbocycles. The van der Waals surface area contributed by atoms with E-state index in [9.17, 15) is 4.79 Å². The van der Waals surface area contributed by atoms with Crippen LogP contribution in [0.25, 0.3) is 11.1 Å². The van der Waals surface area contributed by atoms with Gasteiger partial charge in [-0.1, -0.05) is 48.5 Å². The lowest BCUT2D eigenvalue weighted by molar-refractivity contribution is 0.104. The molecule has 0 amide bonds. The van der Waals surface area contributed by atoms with Crippen LogP contribution in [0, 0.1) is 0 Å². The van der Waals surface area contributed by atoms with Gasteiger partial charge in [0.2, 0.25) is 0 Å². The minimum absolute atomic E-state index is 0.00426. The number of nitrogen functional groups attached to an aromatic ring is 2. The largest absolute Gasteiger partial charge is 0.399 e. The van der Waals surface area contributed by atoms with Crippen molar-refractivity contribution in [1.29, 1.82) is 0 Å². The van der Waals surface area contributed by atoms with Crippen molar-refractivity contribution in [3.63, 3.8) is 0 Å². The van der Waals surface area contributed by atoms with E-state index in [1.54, 1.807) is 24.3 Å². The first kappa shape index (κ1) is 20.0. The highest BCUT2D eigenvalue weighted by Gasteiger charge is 2.26. The number of carbonyl (C=O) groups is 1. The van der Waals surface area contributed by atoms with Crippen molar-refractivity contribution in [1.82, 2.24) is 0 Å². The van der Waals surface area contributed by atoms with E-state index in [1.807, 2.05) is 72.8 Å². The summed E-state index contributed by atoms with van der Waals surface area (Å²) in [6.07, 6.45) is 0. The molecule has 0 aliphatic heterocycles. The highest BCUT2D eigenvalue weighted by molar-refractivity contribution is 6.22. The fourth-order valence-corrected chi connectivity index (χ4v) is 3.47. The van der Waals surface area contributed by atoms with E-state index in [0.717, 1.165) is 29.2 Å². The van der Waals surface area contributed by atoms with Crippen LogP contribution in [-0.2, 0) is 0 Å². The zero-order valence-electron chi connectivity index (χ0n) is 17.0. The molecule has 0 spiro atoms. The average molecular weight is 409 g/mol. The Morgan fingerprint density at radius 1 is 0.548 bits per heavy atom. The summed E-state index contributed by atoms with van der Waals surface area (Å²) < 4.78 is 0. The zero-order valence-corrected chi connectivity index (χ0v) is 17.0. The Hall–Kier alpha value is -4.25. The number of nitrogens with one attached hydrogen (secondary N) is 2. The highest BCUT2D eigenvalue weighted by atomic mass is 16.1. The second-order valence-corrected chi connectivity index (χ2v) is 7.20. The monoisotopic (exact) mass is 408 g/mol. The zero-order chi connectivity index (χ0) is 21.6. The van der Waals surface area contributed by atoms with Crippen LogP contribution >= 0.6 is 0 Å².